The SMILES string of the molecule is CCOc1ccc(CNCc2sccc2Br)cc1OC. The van der Waals surface area contributed by atoms with Crippen LogP contribution in [0.15, 0.2) is 34.1 Å². The Kier molecular flexibility index (Phi) is 5.88. The molecule has 0 spiro atoms. The molecule has 0 radical (unpaired) electrons. The van der Waals surface area contributed by atoms with Crippen LogP contribution in [0.2, 0.25) is 0 Å². The summed E-state index contributed by atoms with van der Waals surface area (Å²) in [7, 11) is 1.66. The second kappa shape index (κ2) is 7.67. The van der Waals surface area contributed by atoms with E-state index in [1.807, 2.05) is 19.1 Å². The van der Waals surface area contributed by atoms with E-state index in [1.54, 1.807) is 18.4 Å². The zero-order valence-electron chi connectivity index (χ0n) is 11.6. The Bertz CT molecular complexity index is 557. The van der Waals surface area contributed by atoms with Crippen LogP contribution in [0.3, 0.4) is 0 Å². The Labute approximate surface area is 132 Å². The maximum atomic E-state index is 5.51. The van der Waals surface area contributed by atoms with Crippen molar-refractivity contribution in [2.45, 2.75) is 20.0 Å². The fraction of sp³-hybridized carbons (Fsp3) is 0.333. The molecule has 0 saturated carbocycles. The summed E-state index contributed by atoms with van der Waals surface area (Å²) in [5, 5.41) is 5.52. The Hall–Kier alpha value is -1.04. The summed E-state index contributed by atoms with van der Waals surface area (Å²) in [6.45, 7) is 4.26. The summed E-state index contributed by atoms with van der Waals surface area (Å²) < 4.78 is 12.0. The van der Waals surface area contributed by atoms with Crippen LogP contribution in [-0.2, 0) is 13.1 Å². The highest BCUT2D eigenvalue weighted by Gasteiger charge is 2.06. The average Bonchev–Trinajstić information content (AvgIpc) is 2.86. The molecule has 0 saturated heterocycles. The van der Waals surface area contributed by atoms with Gasteiger partial charge in [0.05, 0.1) is 13.7 Å². The van der Waals surface area contributed by atoms with Gasteiger partial charge in [-0.1, -0.05) is 6.07 Å². The molecule has 0 atom stereocenters. The molecule has 2 aromatic rings. The van der Waals surface area contributed by atoms with E-state index in [9.17, 15) is 0 Å². The van der Waals surface area contributed by atoms with Gasteiger partial charge in [0, 0.05) is 22.4 Å². The number of hydrogen-bond acceptors (Lipinski definition) is 4. The topological polar surface area (TPSA) is 30.5 Å². The number of nitrogens with one attached hydrogen (secondary N) is 1. The summed E-state index contributed by atoms with van der Waals surface area (Å²) >= 11 is 5.28. The normalized spacial score (nSPS) is 10.6. The van der Waals surface area contributed by atoms with Crippen LogP contribution >= 0.6 is 27.3 Å². The lowest BCUT2D eigenvalue weighted by molar-refractivity contribution is 0.310. The minimum atomic E-state index is 0.639. The Morgan fingerprint density at radius 1 is 1.20 bits per heavy atom. The van der Waals surface area contributed by atoms with Crippen LogP contribution in [0.4, 0.5) is 0 Å². The predicted octanol–water partition coefficient (Wildman–Crippen LogP) is 4.21. The first-order chi connectivity index (χ1) is 9.74. The van der Waals surface area contributed by atoms with Crippen molar-refractivity contribution in [1.29, 1.82) is 0 Å². The number of thiophene rings is 1. The van der Waals surface area contributed by atoms with Gasteiger partial charge in [-0.3, -0.25) is 0 Å². The molecule has 20 heavy (non-hydrogen) atoms. The fourth-order valence-electron chi connectivity index (χ4n) is 1.87. The van der Waals surface area contributed by atoms with E-state index in [0.717, 1.165) is 24.6 Å². The van der Waals surface area contributed by atoms with Gasteiger partial charge in [-0.2, -0.15) is 0 Å². The summed E-state index contributed by atoms with van der Waals surface area (Å²) in [5.41, 5.74) is 1.18. The molecule has 1 aromatic carbocycles. The van der Waals surface area contributed by atoms with Crippen LogP contribution in [0.5, 0.6) is 11.5 Å². The molecule has 1 heterocycles. The fourth-order valence-corrected chi connectivity index (χ4v) is 3.33. The Morgan fingerprint density at radius 3 is 2.70 bits per heavy atom. The Morgan fingerprint density at radius 2 is 2.05 bits per heavy atom. The van der Waals surface area contributed by atoms with Gasteiger partial charge in [0.15, 0.2) is 11.5 Å². The van der Waals surface area contributed by atoms with Crippen molar-refractivity contribution >= 4 is 27.3 Å². The highest BCUT2D eigenvalue weighted by molar-refractivity contribution is 9.10. The third-order valence-corrected chi connectivity index (χ3v) is 4.76. The van der Waals surface area contributed by atoms with Gasteiger partial charge in [0.25, 0.3) is 0 Å². The molecule has 108 valence electrons. The zero-order valence-corrected chi connectivity index (χ0v) is 14.0. The van der Waals surface area contributed by atoms with Gasteiger partial charge < -0.3 is 14.8 Å². The number of benzene rings is 1. The van der Waals surface area contributed by atoms with Gasteiger partial charge in [0.2, 0.25) is 0 Å². The van der Waals surface area contributed by atoms with Crippen LogP contribution in [0.25, 0.3) is 0 Å². The monoisotopic (exact) mass is 355 g/mol. The van der Waals surface area contributed by atoms with Crippen molar-refractivity contribution in [1.82, 2.24) is 5.32 Å². The van der Waals surface area contributed by atoms with Crippen molar-refractivity contribution in [3.8, 4) is 11.5 Å². The Balaban J connectivity index is 1.94. The van der Waals surface area contributed by atoms with E-state index in [1.165, 1.54) is 14.9 Å². The van der Waals surface area contributed by atoms with E-state index < -0.39 is 0 Å². The van der Waals surface area contributed by atoms with Crippen molar-refractivity contribution in [3.63, 3.8) is 0 Å². The van der Waals surface area contributed by atoms with Crippen LogP contribution < -0.4 is 14.8 Å². The molecule has 0 amide bonds. The third kappa shape index (κ3) is 3.98. The predicted molar refractivity (Wildman–Crippen MR) is 86.7 cm³/mol. The molecule has 0 fully saturated rings. The minimum absolute atomic E-state index is 0.639. The number of hydrogen-bond donors (Lipinski definition) is 1. The lowest BCUT2D eigenvalue weighted by atomic mass is 10.2. The van der Waals surface area contributed by atoms with Gasteiger partial charge in [-0.05, 0) is 52.0 Å². The molecule has 0 unspecified atom stereocenters. The van der Waals surface area contributed by atoms with E-state index in [-0.39, 0.29) is 0 Å². The van der Waals surface area contributed by atoms with E-state index in [0.29, 0.717) is 6.61 Å². The first-order valence-electron chi connectivity index (χ1n) is 6.47. The van der Waals surface area contributed by atoms with Crippen molar-refractivity contribution in [2.24, 2.45) is 0 Å². The highest BCUT2D eigenvalue weighted by atomic mass is 79.9. The van der Waals surface area contributed by atoms with E-state index in [2.05, 4.69) is 38.8 Å². The average molecular weight is 356 g/mol. The second-order valence-electron chi connectivity index (χ2n) is 4.21. The molecule has 2 rings (SSSR count). The largest absolute Gasteiger partial charge is 0.493 e. The van der Waals surface area contributed by atoms with Gasteiger partial charge in [0.1, 0.15) is 0 Å². The maximum absolute atomic E-state index is 5.51. The molecule has 3 nitrogen and oxygen atoms in total. The van der Waals surface area contributed by atoms with E-state index in [4.69, 9.17) is 9.47 Å². The number of methoxy groups -OCH3 is 1. The van der Waals surface area contributed by atoms with Gasteiger partial charge >= 0.3 is 0 Å². The summed E-state index contributed by atoms with van der Waals surface area (Å²) in [6, 6.07) is 8.10. The standard InChI is InChI=1S/C15H18BrNO2S/c1-3-19-13-5-4-11(8-14(13)18-2)9-17-10-15-12(16)6-7-20-15/h4-8,17H,3,9-10H2,1-2H3. The number of halogens is 1. The molecular weight excluding hydrogens is 338 g/mol. The quantitative estimate of drug-likeness (QED) is 0.806. The number of rotatable bonds is 7. The van der Waals surface area contributed by atoms with Crippen molar-refractivity contribution < 1.29 is 9.47 Å². The van der Waals surface area contributed by atoms with Gasteiger partial charge in [-0.15, -0.1) is 11.3 Å². The molecule has 0 aliphatic heterocycles. The van der Waals surface area contributed by atoms with Crippen molar-refractivity contribution in [3.05, 3.63) is 44.6 Å². The second-order valence-corrected chi connectivity index (χ2v) is 6.07. The first-order valence-corrected chi connectivity index (χ1v) is 8.14. The summed E-state index contributed by atoms with van der Waals surface area (Å²) in [6.07, 6.45) is 0. The molecule has 0 aliphatic rings. The molecule has 1 N–H and O–H groups in total. The van der Waals surface area contributed by atoms with Crippen LogP contribution in [-0.4, -0.2) is 13.7 Å². The molecule has 1 aromatic heterocycles. The zero-order chi connectivity index (χ0) is 14.4. The van der Waals surface area contributed by atoms with Crippen molar-refractivity contribution in [2.75, 3.05) is 13.7 Å². The lowest BCUT2D eigenvalue weighted by Gasteiger charge is -2.11. The summed E-state index contributed by atoms with van der Waals surface area (Å²) in [5.74, 6) is 1.57. The first kappa shape index (κ1) is 15.4. The van der Waals surface area contributed by atoms with Crippen LogP contribution in [0.1, 0.15) is 17.4 Å². The minimum Gasteiger partial charge on any atom is -0.493 e. The third-order valence-electron chi connectivity index (χ3n) is 2.83. The van der Waals surface area contributed by atoms with E-state index >= 15 is 0 Å². The van der Waals surface area contributed by atoms with Crippen LogP contribution in [0, 0.1) is 0 Å². The molecule has 5 heteroatoms. The lowest BCUT2D eigenvalue weighted by Crippen LogP contribution is -2.12. The number of ether oxygens (including phenoxy) is 2. The maximum Gasteiger partial charge on any atom is 0.161 e. The molecule has 0 aliphatic carbocycles. The van der Waals surface area contributed by atoms with Gasteiger partial charge in [-0.25, -0.2) is 0 Å². The summed E-state index contributed by atoms with van der Waals surface area (Å²) in [4.78, 5) is 1.31. The highest BCUT2D eigenvalue weighted by Crippen LogP contribution is 2.28. The smallest absolute Gasteiger partial charge is 0.161 e. The molecular formula is C15H18BrNO2S. The molecule has 0 bridgehead atoms.